The number of amides is 5. The minimum Gasteiger partial charge on any atom is -0.379 e. The molecule has 2 heterocycles. The molecular weight excluding hydrogens is 769 g/mol. The van der Waals surface area contributed by atoms with E-state index >= 15 is 0 Å². The first kappa shape index (κ1) is 49.0. The normalized spacial score (nSPS) is 19.9. The van der Waals surface area contributed by atoms with Crippen LogP contribution in [0.1, 0.15) is 98.0 Å². The van der Waals surface area contributed by atoms with Gasteiger partial charge in [-0.1, -0.05) is 57.5 Å². The van der Waals surface area contributed by atoms with E-state index in [4.69, 9.17) is 23.7 Å². The summed E-state index contributed by atoms with van der Waals surface area (Å²) in [7, 11) is 5.16. The molecule has 0 aromatic heterocycles. The number of hydrogen-bond donors (Lipinski definition) is 1. The van der Waals surface area contributed by atoms with Gasteiger partial charge in [0.25, 0.3) is 11.8 Å². The maximum Gasteiger partial charge on any atom is 0.253 e. The Hall–Kier alpha value is -3.69. The average Bonchev–Trinajstić information content (AvgIpc) is 3.71. The van der Waals surface area contributed by atoms with E-state index in [1.807, 2.05) is 18.7 Å². The van der Waals surface area contributed by atoms with Crippen molar-refractivity contribution in [2.45, 2.75) is 128 Å². The summed E-state index contributed by atoms with van der Waals surface area (Å²) in [5, 5.41) is 2.98. The number of rotatable bonds is 28. The second-order valence-corrected chi connectivity index (χ2v) is 17.5. The summed E-state index contributed by atoms with van der Waals surface area (Å²) in [5.41, 5.74) is 0.753. The van der Waals surface area contributed by atoms with Gasteiger partial charge in [-0.3, -0.25) is 28.9 Å². The minimum absolute atomic E-state index is 0.0184. The van der Waals surface area contributed by atoms with Gasteiger partial charge in [0.2, 0.25) is 17.7 Å². The van der Waals surface area contributed by atoms with Crippen LogP contribution >= 0.6 is 0 Å². The summed E-state index contributed by atoms with van der Waals surface area (Å²) >= 11 is 0. The van der Waals surface area contributed by atoms with E-state index in [-0.39, 0.29) is 104 Å². The molecule has 1 aromatic carbocycles. The topological polar surface area (TPSA) is 153 Å². The van der Waals surface area contributed by atoms with Crippen LogP contribution in [0.25, 0.3) is 0 Å². The van der Waals surface area contributed by atoms with Crippen molar-refractivity contribution >= 4 is 29.5 Å². The molecule has 14 nitrogen and oxygen atoms in total. The smallest absolute Gasteiger partial charge is 0.253 e. The Morgan fingerprint density at radius 1 is 0.900 bits per heavy atom. The van der Waals surface area contributed by atoms with Crippen LogP contribution in [0.4, 0.5) is 0 Å². The second-order valence-electron chi connectivity index (χ2n) is 17.5. The van der Waals surface area contributed by atoms with E-state index in [0.717, 1.165) is 30.6 Å². The van der Waals surface area contributed by atoms with Gasteiger partial charge in [-0.25, -0.2) is 0 Å². The van der Waals surface area contributed by atoms with E-state index in [1.54, 1.807) is 26.2 Å². The van der Waals surface area contributed by atoms with Gasteiger partial charge in [-0.15, -0.1) is 0 Å². The molecule has 1 saturated carbocycles. The lowest BCUT2D eigenvalue weighted by Crippen LogP contribution is -2.54. The Labute approximate surface area is 358 Å². The van der Waals surface area contributed by atoms with E-state index in [9.17, 15) is 24.0 Å². The van der Waals surface area contributed by atoms with Gasteiger partial charge < -0.3 is 38.8 Å². The minimum atomic E-state index is -0.829. The maximum absolute atomic E-state index is 14.2. The van der Waals surface area contributed by atoms with Gasteiger partial charge in [0.1, 0.15) is 0 Å². The summed E-state index contributed by atoms with van der Waals surface area (Å²) < 4.78 is 28.7. The van der Waals surface area contributed by atoms with Crippen molar-refractivity contribution < 1.29 is 47.7 Å². The second kappa shape index (κ2) is 23.5. The molecule has 60 heavy (non-hydrogen) atoms. The third kappa shape index (κ3) is 13.9. The van der Waals surface area contributed by atoms with Crippen molar-refractivity contribution in [3.8, 4) is 0 Å². The highest BCUT2D eigenvalue weighted by Crippen LogP contribution is 2.53. The zero-order chi connectivity index (χ0) is 43.9. The molecule has 6 atom stereocenters. The Balaban J connectivity index is 1.20. The van der Waals surface area contributed by atoms with Crippen LogP contribution in [0.3, 0.4) is 0 Å². The first-order valence-electron chi connectivity index (χ1n) is 21.9. The number of methoxy groups -OCH3 is 2. The molecule has 4 rings (SSSR count). The fraction of sp³-hybridized carbons (Fsp3) is 0.717. The van der Waals surface area contributed by atoms with Gasteiger partial charge >= 0.3 is 0 Å². The van der Waals surface area contributed by atoms with Crippen LogP contribution in [-0.2, 0) is 53.1 Å². The molecule has 6 unspecified atom stereocenters. The lowest BCUT2D eigenvalue weighted by molar-refractivity contribution is -0.145. The molecule has 2 aliphatic heterocycles. The number of carbonyl (C=O) groups excluding carboxylic acids is 5. The Kier molecular flexibility index (Phi) is 19.2. The summed E-state index contributed by atoms with van der Waals surface area (Å²) in [5.74, 6) is -0.716. The van der Waals surface area contributed by atoms with Crippen LogP contribution in [0.2, 0.25) is 0 Å². The highest BCUT2D eigenvalue weighted by atomic mass is 16.5. The van der Waals surface area contributed by atoms with Gasteiger partial charge in [-0.2, -0.15) is 0 Å². The molecule has 1 aliphatic carbocycles. The first-order chi connectivity index (χ1) is 28.7. The first-order valence-corrected chi connectivity index (χ1v) is 21.9. The summed E-state index contributed by atoms with van der Waals surface area (Å²) in [6, 6.07) is 10.4. The number of nitrogens with zero attached hydrogens (tertiary/aromatic N) is 3. The molecule has 0 bridgehead atoms. The summed E-state index contributed by atoms with van der Waals surface area (Å²) in [4.78, 5) is 68.9. The lowest BCUT2D eigenvalue weighted by Gasteiger charge is -2.40. The van der Waals surface area contributed by atoms with Gasteiger partial charge in [0.05, 0.1) is 76.9 Å². The maximum atomic E-state index is 14.2. The predicted molar refractivity (Wildman–Crippen MR) is 228 cm³/mol. The molecule has 1 N–H and O–H groups in total. The van der Waals surface area contributed by atoms with Crippen molar-refractivity contribution in [3.63, 3.8) is 0 Å². The molecule has 3 aliphatic rings. The van der Waals surface area contributed by atoms with E-state index in [0.29, 0.717) is 33.0 Å². The van der Waals surface area contributed by atoms with Crippen molar-refractivity contribution in [2.75, 3.05) is 74.0 Å². The van der Waals surface area contributed by atoms with Gasteiger partial charge in [-0.05, 0) is 68.8 Å². The number of ether oxygens (including phenoxy) is 5. The third-order valence-electron chi connectivity index (χ3n) is 12.6. The Morgan fingerprint density at radius 2 is 1.52 bits per heavy atom. The zero-order valence-corrected chi connectivity index (χ0v) is 37.5. The van der Waals surface area contributed by atoms with Crippen LogP contribution in [0.5, 0.6) is 0 Å². The molecule has 336 valence electrons. The summed E-state index contributed by atoms with van der Waals surface area (Å²) in [6.45, 7) is 12.6. The van der Waals surface area contributed by atoms with Crippen molar-refractivity contribution in [3.05, 3.63) is 48.0 Å². The van der Waals surface area contributed by atoms with Crippen molar-refractivity contribution in [1.29, 1.82) is 0 Å². The fourth-order valence-corrected chi connectivity index (χ4v) is 9.04. The van der Waals surface area contributed by atoms with Crippen molar-refractivity contribution in [1.82, 2.24) is 20.0 Å². The SMILES string of the molecule is CCC(C)C(C(CC(=O)N1CCCC1C(OC)C(C)CC1(c2ccccc2)CC1)OC)N(C)C(=O)CC(C)(C)NC(=O)CCOCCOCCOCCN1C(=O)C=CC1=O. The largest absolute Gasteiger partial charge is 0.379 e. The van der Waals surface area contributed by atoms with Crippen LogP contribution < -0.4 is 5.32 Å². The van der Waals surface area contributed by atoms with Crippen LogP contribution in [-0.4, -0.2) is 148 Å². The van der Waals surface area contributed by atoms with Gasteiger partial charge in [0.15, 0.2) is 0 Å². The van der Waals surface area contributed by atoms with Gasteiger partial charge in [0, 0.05) is 58.3 Å². The number of imide groups is 1. The third-order valence-corrected chi connectivity index (χ3v) is 12.6. The predicted octanol–water partition coefficient (Wildman–Crippen LogP) is 4.68. The number of nitrogens with one attached hydrogen (secondary N) is 1. The average molecular weight is 841 g/mol. The van der Waals surface area contributed by atoms with E-state index < -0.39 is 11.6 Å². The number of carbonyl (C=O) groups is 5. The highest BCUT2D eigenvalue weighted by Gasteiger charge is 2.48. The number of likely N-dealkylation sites (tertiary alicyclic amines) is 1. The number of likely N-dealkylation sites (N-methyl/N-ethyl adjacent to an activating group) is 1. The molecule has 14 heteroatoms. The molecule has 1 saturated heterocycles. The Bertz CT molecular complexity index is 1570. The van der Waals surface area contributed by atoms with E-state index in [2.05, 4.69) is 56.4 Å². The fourth-order valence-electron chi connectivity index (χ4n) is 9.04. The molecule has 0 radical (unpaired) electrons. The standard InChI is InChI=1S/C46H72N4O10/c1-9-33(2)43(37(56-7)30-41(54)49-22-13-16-36(49)44(57-8)34(3)31-46(20-21-46)35-14-11-10-12-15-35)48(6)42(55)32-45(4,5)47-38(51)19-24-58-26-28-60-29-27-59-25-23-50-39(52)17-18-40(50)53/h10-12,14-15,17-18,33-34,36-37,43-44H,9,13,16,19-32H2,1-8H3,(H,47,51). The summed E-state index contributed by atoms with van der Waals surface area (Å²) in [6.07, 6.45) is 8.20. The molecular formula is C46H72N4O10. The van der Waals surface area contributed by atoms with Crippen molar-refractivity contribution in [2.24, 2.45) is 11.8 Å². The van der Waals surface area contributed by atoms with Crippen LogP contribution in [0, 0.1) is 11.8 Å². The molecule has 2 fully saturated rings. The molecule has 5 amide bonds. The van der Waals surface area contributed by atoms with Crippen LogP contribution in [0.15, 0.2) is 42.5 Å². The quantitative estimate of drug-likeness (QED) is 0.0931. The zero-order valence-electron chi connectivity index (χ0n) is 37.5. The van der Waals surface area contributed by atoms with E-state index in [1.165, 1.54) is 30.6 Å². The molecule has 0 spiro atoms. The number of hydrogen-bond acceptors (Lipinski definition) is 10. The Morgan fingerprint density at radius 3 is 2.10 bits per heavy atom. The number of benzene rings is 1. The molecule has 1 aromatic rings. The lowest BCUT2D eigenvalue weighted by atomic mass is 9.82. The highest BCUT2D eigenvalue weighted by molar-refractivity contribution is 6.12. The monoisotopic (exact) mass is 841 g/mol.